The average Bonchev–Trinajstić information content (AvgIpc) is 3.06. The van der Waals surface area contributed by atoms with Gasteiger partial charge in [-0.2, -0.15) is 5.10 Å². The minimum atomic E-state index is -0.550. The molecule has 0 spiro atoms. The summed E-state index contributed by atoms with van der Waals surface area (Å²) in [6.45, 7) is 2.51. The number of nitrogens with zero attached hydrogens (tertiary/aromatic N) is 3. The molecule has 0 aliphatic carbocycles. The van der Waals surface area contributed by atoms with Crippen LogP contribution in [0.25, 0.3) is 11.6 Å². The number of primary amides is 1. The third-order valence-corrected chi connectivity index (χ3v) is 3.65. The van der Waals surface area contributed by atoms with E-state index < -0.39 is 5.91 Å². The molecule has 2 aromatic rings. The molecule has 7 heteroatoms. The fourth-order valence-electron chi connectivity index (χ4n) is 2.46. The second-order valence-corrected chi connectivity index (χ2v) is 5.10. The molecule has 0 aromatic carbocycles. The van der Waals surface area contributed by atoms with Gasteiger partial charge in [0.1, 0.15) is 0 Å². The van der Waals surface area contributed by atoms with Gasteiger partial charge in [0.15, 0.2) is 0 Å². The standard InChI is InChI=1S/C15H15N5O2/c1-9(21)20-7-12-13(18-19-14(12)8-20)5-11(15(16)22)10-3-2-4-17-6-10/h2-6H,7-8H2,1H3,(H2,16,22)(H,18,19). The van der Waals surface area contributed by atoms with Crippen molar-refractivity contribution in [1.82, 2.24) is 20.1 Å². The Kier molecular flexibility index (Phi) is 3.46. The summed E-state index contributed by atoms with van der Waals surface area (Å²) >= 11 is 0. The number of carbonyl (C=O) groups is 2. The Hall–Kier alpha value is -2.96. The molecule has 0 saturated heterocycles. The van der Waals surface area contributed by atoms with Gasteiger partial charge >= 0.3 is 0 Å². The lowest BCUT2D eigenvalue weighted by molar-refractivity contribution is -0.129. The van der Waals surface area contributed by atoms with Crippen LogP contribution in [-0.2, 0) is 22.7 Å². The van der Waals surface area contributed by atoms with Crippen LogP contribution in [0.4, 0.5) is 0 Å². The van der Waals surface area contributed by atoms with E-state index in [9.17, 15) is 9.59 Å². The number of hydrogen-bond donors (Lipinski definition) is 2. The van der Waals surface area contributed by atoms with Crippen LogP contribution in [-0.4, -0.2) is 31.9 Å². The van der Waals surface area contributed by atoms with Gasteiger partial charge < -0.3 is 10.6 Å². The molecule has 0 fully saturated rings. The second-order valence-electron chi connectivity index (χ2n) is 5.10. The van der Waals surface area contributed by atoms with Crippen LogP contribution in [0.5, 0.6) is 0 Å². The quantitative estimate of drug-likeness (QED) is 0.813. The van der Waals surface area contributed by atoms with Crippen molar-refractivity contribution in [2.75, 3.05) is 0 Å². The second kappa shape index (κ2) is 5.44. The van der Waals surface area contributed by atoms with Crippen LogP contribution in [0, 0.1) is 0 Å². The minimum absolute atomic E-state index is 0.00177. The highest BCUT2D eigenvalue weighted by Crippen LogP contribution is 2.26. The highest BCUT2D eigenvalue weighted by molar-refractivity contribution is 6.23. The van der Waals surface area contributed by atoms with E-state index in [0.29, 0.717) is 29.9 Å². The molecule has 7 nitrogen and oxygen atoms in total. The monoisotopic (exact) mass is 297 g/mol. The van der Waals surface area contributed by atoms with Crippen molar-refractivity contribution in [2.45, 2.75) is 20.0 Å². The van der Waals surface area contributed by atoms with Gasteiger partial charge in [0, 0.05) is 30.4 Å². The fourth-order valence-corrected chi connectivity index (χ4v) is 2.46. The minimum Gasteiger partial charge on any atom is -0.366 e. The zero-order valence-electron chi connectivity index (χ0n) is 12.0. The topological polar surface area (TPSA) is 105 Å². The molecule has 112 valence electrons. The van der Waals surface area contributed by atoms with Gasteiger partial charge in [0.05, 0.1) is 30.1 Å². The zero-order chi connectivity index (χ0) is 15.7. The maximum atomic E-state index is 11.7. The van der Waals surface area contributed by atoms with Gasteiger partial charge in [-0.1, -0.05) is 6.07 Å². The molecule has 3 heterocycles. The number of hydrogen-bond acceptors (Lipinski definition) is 4. The largest absolute Gasteiger partial charge is 0.366 e. The summed E-state index contributed by atoms with van der Waals surface area (Å²) in [5, 5.41) is 7.12. The van der Waals surface area contributed by atoms with E-state index in [0.717, 1.165) is 11.3 Å². The highest BCUT2D eigenvalue weighted by atomic mass is 16.2. The van der Waals surface area contributed by atoms with E-state index in [1.54, 1.807) is 35.5 Å². The number of nitrogens with two attached hydrogens (primary N) is 1. The number of H-pyrrole nitrogens is 1. The number of fused-ring (bicyclic) bond motifs is 1. The Morgan fingerprint density at radius 2 is 2.23 bits per heavy atom. The van der Waals surface area contributed by atoms with Crippen LogP contribution in [0.15, 0.2) is 24.5 Å². The number of aromatic amines is 1. The summed E-state index contributed by atoms with van der Waals surface area (Å²) < 4.78 is 0. The van der Waals surface area contributed by atoms with Crippen molar-refractivity contribution in [1.29, 1.82) is 0 Å². The van der Waals surface area contributed by atoms with Gasteiger partial charge in [-0.05, 0) is 12.1 Å². The van der Waals surface area contributed by atoms with Crippen molar-refractivity contribution >= 4 is 23.5 Å². The van der Waals surface area contributed by atoms with E-state index in [2.05, 4.69) is 15.2 Å². The molecule has 3 N–H and O–H groups in total. The van der Waals surface area contributed by atoms with Crippen LogP contribution >= 0.6 is 0 Å². The Morgan fingerprint density at radius 3 is 2.86 bits per heavy atom. The Balaban J connectivity index is 1.99. The van der Waals surface area contributed by atoms with Crippen LogP contribution in [0.2, 0.25) is 0 Å². The lowest BCUT2D eigenvalue weighted by Gasteiger charge is -2.11. The first-order valence-corrected chi connectivity index (χ1v) is 6.80. The lowest BCUT2D eigenvalue weighted by Crippen LogP contribution is -2.22. The van der Waals surface area contributed by atoms with Crippen LogP contribution in [0.3, 0.4) is 0 Å². The van der Waals surface area contributed by atoms with Gasteiger partial charge in [-0.15, -0.1) is 0 Å². The molecule has 0 atom stereocenters. The molecule has 2 aromatic heterocycles. The fraction of sp³-hybridized carbons (Fsp3) is 0.200. The van der Waals surface area contributed by atoms with Crippen molar-refractivity contribution in [2.24, 2.45) is 5.73 Å². The summed E-state index contributed by atoms with van der Waals surface area (Å²) in [5.74, 6) is -0.548. The van der Waals surface area contributed by atoms with Gasteiger partial charge in [-0.3, -0.25) is 19.7 Å². The molecule has 0 radical (unpaired) electrons. The van der Waals surface area contributed by atoms with E-state index in [1.165, 1.54) is 6.92 Å². The Morgan fingerprint density at radius 1 is 1.41 bits per heavy atom. The predicted octanol–water partition coefficient (Wildman–Crippen LogP) is 0.693. The third kappa shape index (κ3) is 2.48. The molecule has 3 rings (SSSR count). The number of nitrogens with one attached hydrogen (secondary N) is 1. The summed E-state index contributed by atoms with van der Waals surface area (Å²) in [4.78, 5) is 28.9. The van der Waals surface area contributed by atoms with E-state index >= 15 is 0 Å². The first kappa shape index (κ1) is 14.0. The van der Waals surface area contributed by atoms with Gasteiger partial charge in [0.25, 0.3) is 0 Å². The van der Waals surface area contributed by atoms with Gasteiger partial charge in [0.2, 0.25) is 11.8 Å². The lowest BCUT2D eigenvalue weighted by atomic mass is 10.0. The molecule has 1 aliphatic heterocycles. The molecule has 0 unspecified atom stereocenters. The molecular weight excluding hydrogens is 282 g/mol. The molecule has 0 saturated carbocycles. The van der Waals surface area contributed by atoms with Gasteiger partial charge in [-0.25, -0.2) is 0 Å². The normalized spacial score (nSPS) is 14.0. The van der Waals surface area contributed by atoms with Crippen molar-refractivity contribution in [3.63, 3.8) is 0 Å². The zero-order valence-corrected chi connectivity index (χ0v) is 12.0. The first-order valence-electron chi connectivity index (χ1n) is 6.80. The maximum Gasteiger partial charge on any atom is 0.249 e. The summed E-state index contributed by atoms with van der Waals surface area (Å²) in [7, 11) is 0. The van der Waals surface area contributed by atoms with Crippen LogP contribution < -0.4 is 5.73 Å². The molecular formula is C15H15N5O2. The molecule has 1 aliphatic rings. The third-order valence-electron chi connectivity index (χ3n) is 3.65. The van der Waals surface area contributed by atoms with Crippen molar-refractivity contribution in [3.05, 3.63) is 47.0 Å². The number of pyridine rings is 1. The SMILES string of the molecule is CC(=O)N1Cc2[nH]nc(C=C(C(N)=O)c3cccnc3)c2C1. The number of aromatic nitrogens is 3. The average molecular weight is 297 g/mol. The van der Waals surface area contributed by atoms with Crippen molar-refractivity contribution in [3.8, 4) is 0 Å². The number of carbonyl (C=O) groups excluding carboxylic acids is 2. The Labute approximate surface area is 126 Å². The summed E-state index contributed by atoms with van der Waals surface area (Å²) in [5.41, 5.74) is 8.86. The van der Waals surface area contributed by atoms with E-state index in [4.69, 9.17) is 5.73 Å². The van der Waals surface area contributed by atoms with Crippen LogP contribution in [0.1, 0.15) is 29.4 Å². The van der Waals surface area contributed by atoms with E-state index in [1.807, 2.05) is 0 Å². The van der Waals surface area contributed by atoms with E-state index in [-0.39, 0.29) is 5.91 Å². The number of rotatable bonds is 3. The molecule has 2 amide bonds. The highest BCUT2D eigenvalue weighted by Gasteiger charge is 2.26. The summed E-state index contributed by atoms with van der Waals surface area (Å²) in [6, 6.07) is 3.50. The predicted molar refractivity (Wildman–Crippen MR) is 79.8 cm³/mol. The van der Waals surface area contributed by atoms with Crippen molar-refractivity contribution < 1.29 is 9.59 Å². The first-order chi connectivity index (χ1) is 10.6. The number of amides is 2. The molecule has 22 heavy (non-hydrogen) atoms. The summed E-state index contributed by atoms with van der Waals surface area (Å²) in [6.07, 6.45) is 4.84. The smallest absolute Gasteiger partial charge is 0.249 e. The Bertz CT molecular complexity index is 763. The molecule has 0 bridgehead atoms. The maximum absolute atomic E-state index is 11.7.